The molecule has 2 rings (SSSR count). The second kappa shape index (κ2) is 10.0. The Labute approximate surface area is 151 Å². The van der Waals surface area contributed by atoms with Gasteiger partial charge in [0.15, 0.2) is 5.96 Å². The molecule has 1 aliphatic rings. The van der Waals surface area contributed by atoms with Gasteiger partial charge < -0.3 is 10.2 Å². The van der Waals surface area contributed by atoms with Crippen LogP contribution in [0, 0.1) is 11.8 Å². The number of aliphatic imine (C=N–C) groups is 1. The molecule has 0 aromatic carbocycles. The molecule has 0 unspecified atom stereocenters. The zero-order valence-corrected chi connectivity index (χ0v) is 16.3. The molecular weight excluding hydrogens is 387 g/mol. The van der Waals surface area contributed by atoms with E-state index < -0.39 is 0 Å². The lowest BCUT2D eigenvalue weighted by Crippen LogP contribution is -2.41. The summed E-state index contributed by atoms with van der Waals surface area (Å²) in [4.78, 5) is 11.0. The van der Waals surface area contributed by atoms with E-state index in [1.165, 1.54) is 25.7 Å². The molecule has 0 spiro atoms. The van der Waals surface area contributed by atoms with Crippen LogP contribution in [0.5, 0.6) is 0 Å². The van der Waals surface area contributed by atoms with E-state index in [0.29, 0.717) is 0 Å². The zero-order valence-electron chi connectivity index (χ0n) is 14.0. The molecular formula is C17H29IN4. The van der Waals surface area contributed by atoms with Gasteiger partial charge >= 0.3 is 0 Å². The standard InChI is InChI=1S/C17H28N4.HI/c1-14-7-9-15(10-8-14)13-21(3)17(18-2)20-12-16-6-4-5-11-19-16;/h4-6,11,14-15H,7-10,12-13H2,1-3H3,(H,18,20);1H. The Morgan fingerprint density at radius 2 is 2.05 bits per heavy atom. The number of halogens is 1. The van der Waals surface area contributed by atoms with Gasteiger partial charge in [0.2, 0.25) is 0 Å². The minimum absolute atomic E-state index is 0. The monoisotopic (exact) mass is 416 g/mol. The number of aromatic nitrogens is 1. The lowest BCUT2D eigenvalue weighted by Gasteiger charge is -2.31. The summed E-state index contributed by atoms with van der Waals surface area (Å²) in [5.74, 6) is 2.67. The van der Waals surface area contributed by atoms with E-state index in [-0.39, 0.29) is 24.0 Å². The van der Waals surface area contributed by atoms with Gasteiger partial charge in [-0.15, -0.1) is 24.0 Å². The van der Waals surface area contributed by atoms with E-state index in [0.717, 1.165) is 36.6 Å². The Hall–Kier alpha value is -0.850. The molecule has 4 nitrogen and oxygen atoms in total. The fourth-order valence-corrected chi connectivity index (χ4v) is 3.04. The summed E-state index contributed by atoms with van der Waals surface area (Å²) in [6, 6.07) is 5.98. The van der Waals surface area contributed by atoms with Gasteiger partial charge in [-0.1, -0.05) is 25.8 Å². The van der Waals surface area contributed by atoms with Crippen LogP contribution in [0.3, 0.4) is 0 Å². The number of rotatable bonds is 4. The highest BCUT2D eigenvalue weighted by Crippen LogP contribution is 2.28. The first-order valence-electron chi connectivity index (χ1n) is 8.00. The Balaban J connectivity index is 0.00000242. The van der Waals surface area contributed by atoms with Crippen LogP contribution in [0.1, 0.15) is 38.3 Å². The Morgan fingerprint density at radius 3 is 2.64 bits per heavy atom. The molecule has 1 aromatic rings. The lowest BCUT2D eigenvalue weighted by molar-refractivity contribution is 0.250. The molecule has 0 amide bonds. The lowest BCUT2D eigenvalue weighted by atomic mass is 9.83. The summed E-state index contributed by atoms with van der Waals surface area (Å²) < 4.78 is 0. The van der Waals surface area contributed by atoms with Crippen molar-refractivity contribution in [3.05, 3.63) is 30.1 Å². The van der Waals surface area contributed by atoms with E-state index in [4.69, 9.17) is 0 Å². The van der Waals surface area contributed by atoms with Gasteiger partial charge in [0.05, 0.1) is 12.2 Å². The fraction of sp³-hybridized carbons (Fsp3) is 0.647. The van der Waals surface area contributed by atoms with E-state index in [1.54, 1.807) is 0 Å². The smallest absolute Gasteiger partial charge is 0.193 e. The van der Waals surface area contributed by atoms with Crippen LogP contribution >= 0.6 is 24.0 Å². The first kappa shape index (κ1) is 19.2. The number of hydrogen-bond donors (Lipinski definition) is 1. The molecule has 22 heavy (non-hydrogen) atoms. The quantitative estimate of drug-likeness (QED) is 0.464. The van der Waals surface area contributed by atoms with Crippen LogP contribution in [-0.4, -0.2) is 36.5 Å². The predicted octanol–water partition coefficient (Wildman–Crippen LogP) is 3.53. The van der Waals surface area contributed by atoms with E-state index in [1.807, 2.05) is 31.4 Å². The fourth-order valence-electron chi connectivity index (χ4n) is 3.04. The number of guanidine groups is 1. The summed E-state index contributed by atoms with van der Waals surface area (Å²) >= 11 is 0. The van der Waals surface area contributed by atoms with Gasteiger partial charge in [0.25, 0.3) is 0 Å². The Kier molecular flexibility index (Phi) is 8.75. The van der Waals surface area contributed by atoms with Gasteiger partial charge in [0, 0.05) is 26.8 Å². The molecule has 0 atom stereocenters. The topological polar surface area (TPSA) is 40.5 Å². The minimum Gasteiger partial charge on any atom is -0.351 e. The van der Waals surface area contributed by atoms with Crippen molar-refractivity contribution in [1.29, 1.82) is 0 Å². The molecule has 1 aliphatic carbocycles. The van der Waals surface area contributed by atoms with Crippen LogP contribution in [-0.2, 0) is 6.54 Å². The molecule has 0 radical (unpaired) electrons. The van der Waals surface area contributed by atoms with Crippen molar-refractivity contribution in [3.63, 3.8) is 0 Å². The molecule has 5 heteroatoms. The first-order valence-corrected chi connectivity index (χ1v) is 8.00. The molecule has 124 valence electrons. The van der Waals surface area contributed by atoms with E-state index >= 15 is 0 Å². The zero-order chi connectivity index (χ0) is 15.1. The molecule has 1 N–H and O–H groups in total. The van der Waals surface area contributed by atoms with Gasteiger partial charge in [-0.05, 0) is 36.8 Å². The molecule has 0 bridgehead atoms. The third-order valence-electron chi connectivity index (χ3n) is 4.39. The average molecular weight is 416 g/mol. The largest absolute Gasteiger partial charge is 0.351 e. The van der Waals surface area contributed by atoms with Crippen molar-refractivity contribution >= 4 is 29.9 Å². The molecule has 0 saturated heterocycles. The first-order chi connectivity index (χ1) is 10.2. The van der Waals surface area contributed by atoms with Crippen molar-refractivity contribution in [1.82, 2.24) is 15.2 Å². The highest BCUT2D eigenvalue weighted by Gasteiger charge is 2.20. The second-order valence-electron chi connectivity index (χ2n) is 6.23. The second-order valence-corrected chi connectivity index (χ2v) is 6.23. The van der Waals surface area contributed by atoms with Gasteiger partial charge in [-0.25, -0.2) is 0 Å². The third kappa shape index (κ3) is 6.10. The summed E-state index contributed by atoms with van der Waals surface area (Å²) in [5.41, 5.74) is 1.04. The number of nitrogens with zero attached hydrogens (tertiary/aromatic N) is 3. The Bertz CT molecular complexity index is 441. The number of hydrogen-bond acceptors (Lipinski definition) is 2. The molecule has 1 aromatic heterocycles. The summed E-state index contributed by atoms with van der Waals surface area (Å²) in [7, 11) is 3.98. The van der Waals surface area contributed by atoms with E-state index in [2.05, 4.69) is 34.2 Å². The van der Waals surface area contributed by atoms with Crippen molar-refractivity contribution in [3.8, 4) is 0 Å². The normalized spacial score (nSPS) is 21.9. The summed E-state index contributed by atoms with van der Waals surface area (Å²) in [5, 5.41) is 3.40. The number of pyridine rings is 1. The molecule has 0 aliphatic heterocycles. The highest BCUT2D eigenvalue weighted by atomic mass is 127. The summed E-state index contributed by atoms with van der Waals surface area (Å²) in [6.45, 7) is 4.18. The summed E-state index contributed by atoms with van der Waals surface area (Å²) in [6.07, 6.45) is 7.27. The number of nitrogens with one attached hydrogen (secondary N) is 1. The van der Waals surface area contributed by atoms with Crippen molar-refractivity contribution < 1.29 is 0 Å². The predicted molar refractivity (Wildman–Crippen MR) is 104 cm³/mol. The third-order valence-corrected chi connectivity index (χ3v) is 4.39. The van der Waals surface area contributed by atoms with Gasteiger partial charge in [0.1, 0.15) is 0 Å². The van der Waals surface area contributed by atoms with E-state index in [9.17, 15) is 0 Å². The maximum Gasteiger partial charge on any atom is 0.193 e. The van der Waals surface area contributed by atoms with Crippen LogP contribution < -0.4 is 5.32 Å². The van der Waals surface area contributed by atoms with Gasteiger partial charge in [-0.2, -0.15) is 0 Å². The van der Waals surface area contributed by atoms with Crippen LogP contribution in [0.25, 0.3) is 0 Å². The van der Waals surface area contributed by atoms with Crippen molar-refractivity contribution in [2.24, 2.45) is 16.8 Å². The maximum absolute atomic E-state index is 4.39. The molecule has 1 saturated carbocycles. The van der Waals surface area contributed by atoms with Crippen molar-refractivity contribution in [2.45, 2.75) is 39.2 Å². The highest BCUT2D eigenvalue weighted by molar-refractivity contribution is 14.0. The SMILES string of the molecule is CN=C(NCc1ccccn1)N(C)CC1CCC(C)CC1.I. The van der Waals surface area contributed by atoms with Gasteiger partial charge in [-0.3, -0.25) is 9.98 Å². The van der Waals surface area contributed by atoms with Crippen LogP contribution in [0.15, 0.2) is 29.4 Å². The minimum atomic E-state index is 0. The average Bonchev–Trinajstić information content (AvgIpc) is 2.51. The Morgan fingerprint density at radius 1 is 1.32 bits per heavy atom. The van der Waals surface area contributed by atoms with Crippen LogP contribution in [0.4, 0.5) is 0 Å². The molecule has 1 heterocycles. The maximum atomic E-state index is 4.39. The van der Waals surface area contributed by atoms with Crippen molar-refractivity contribution in [2.75, 3.05) is 20.6 Å². The van der Waals surface area contributed by atoms with Crippen LogP contribution in [0.2, 0.25) is 0 Å². The molecule has 1 fully saturated rings.